The minimum atomic E-state index is -0.748. The Morgan fingerprint density at radius 3 is 2.71 bits per heavy atom. The van der Waals surface area contributed by atoms with Gasteiger partial charge in [0.25, 0.3) is 0 Å². The van der Waals surface area contributed by atoms with Crippen LogP contribution in [0.3, 0.4) is 0 Å². The minimum Gasteiger partial charge on any atom is -0.381 e. The van der Waals surface area contributed by atoms with Crippen molar-refractivity contribution < 1.29 is 13.5 Å². The number of hydrogen-bond acceptors (Lipinski definition) is 2. The van der Waals surface area contributed by atoms with Gasteiger partial charge in [-0.05, 0) is 26.0 Å². The molecular weight excluding hydrogens is 224 g/mol. The van der Waals surface area contributed by atoms with Crippen molar-refractivity contribution in [1.29, 1.82) is 0 Å². The van der Waals surface area contributed by atoms with Gasteiger partial charge < -0.3 is 10.1 Å². The maximum absolute atomic E-state index is 13.9. The predicted octanol–water partition coefficient (Wildman–Crippen LogP) is 2.57. The normalized spacial score (nSPS) is 21.8. The van der Waals surface area contributed by atoms with Crippen LogP contribution in [0.4, 0.5) is 8.78 Å². The molecule has 4 heteroatoms. The molecule has 0 aliphatic carbocycles. The number of hydrogen-bond donors (Lipinski definition) is 1. The van der Waals surface area contributed by atoms with E-state index in [0.717, 1.165) is 6.42 Å². The molecule has 1 fully saturated rings. The van der Waals surface area contributed by atoms with E-state index in [1.165, 1.54) is 0 Å². The van der Waals surface area contributed by atoms with Crippen LogP contribution in [0.1, 0.15) is 23.6 Å². The van der Waals surface area contributed by atoms with E-state index in [1.54, 1.807) is 26.1 Å². The molecule has 0 bridgehead atoms. The summed E-state index contributed by atoms with van der Waals surface area (Å²) in [6, 6.07) is 3.09. The molecule has 2 nitrogen and oxygen atoms in total. The molecule has 1 saturated heterocycles. The van der Waals surface area contributed by atoms with Crippen molar-refractivity contribution in [3.63, 3.8) is 0 Å². The van der Waals surface area contributed by atoms with Gasteiger partial charge in [-0.2, -0.15) is 0 Å². The van der Waals surface area contributed by atoms with Crippen LogP contribution in [0.15, 0.2) is 12.1 Å². The summed E-state index contributed by atoms with van der Waals surface area (Å²) < 4.78 is 32.7. The molecule has 1 N–H and O–H groups in total. The van der Waals surface area contributed by atoms with E-state index in [-0.39, 0.29) is 12.0 Å². The van der Waals surface area contributed by atoms with Gasteiger partial charge in [-0.1, -0.05) is 12.1 Å². The summed E-state index contributed by atoms with van der Waals surface area (Å²) in [5.41, 5.74) is 0.731. The van der Waals surface area contributed by atoms with Crippen molar-refractivity contribution in [2.24, 2.45) is 5.92 Å². The first kappa shape index (κ1) is 12.5. The van der Waals surface area contributed by atoms with Gasteiger partial charge in [0.15, 0.2) is 11.6 Å². The van der Waals surface area contributed by atoms with Gasteiger partial charge in [0, 0.05) is 24.1 Å². The lowest BCUT2D eigenvalue weighted by molar-refractivity contribution is 0.177. The second-order valence-corrected chi connectivity index (χ2v) is 4.49. The van der Waals surface area contributed by atoms with Crippen LogP contribution in [-0.2, 0) is 4.74 Å². The summed E-state index contributed by atoms with van der Waals surface area (Å²) in [6.45, 7) is 2.86. The van der Waals surface area contributed by atoms with E-state index in [0.29, 0.717) is 24.3 Å². The fraction of sp³-hybridized carbons (Fsp3) is 0.538. The van der Waals surface area contributed by atoms with Gasteiger partial charge in [0.1, 0.15) is 0 Å². The van der Waals surface area contributed by atoms with Crippen LogP contribution in [0.25, 0.3) is 0 Å². The standard InChI is InChI=1S/C13H17F2NO/c1-8-3-4-10(12(15)11(8)14)13(16-2)9-5-6-17-7-9/h3-4,9,13,16H,5-7H2,1-2H3. The molecule has 2 rings (SSSR count). The highest BCUT2D eigenvalue weighted by atomic mass is 19.2. The van der Waals surface area contributed by atoms with Crippen molar-refractivity contribution >= 4 is 0 Å². The van der Waals surface area contributed by atoms with E-state index >= 15 is 0 Å². The third-order valence-corrected chi connectivity index (χ3v) is 3.39. The molecule has 1 aliphatic heterocycles. The van der Waals surface area contributed by atoms with Crippen molar-refractivity contribution in [3.05, 3.63) is 34.9 Å². The van der Waals surface area contributed by atoms with Gasteiger partial charge in [-0.25, -0.2) is 8.78 Å². The Labute approximate surface area is 100.0 Å². The topological polar surface area (TPSA) is 21.3 Å². The van der Waals surface area contributed by atoms with Crippen LogP contribution in [0.2, 0.25) is 0 Å². The van der Waals surface area contributed by atoms with Crippen LogP contribution in [-0.4, -0.2) is 20.3 Å². The molecule has 2 unspecified atom stereocenters. The smallest absolute Gasteiger partial charge is 0.163 e. The number of ether oxygens (including phenoxy) is 1. The van der Waals surface area contributed by atoms with Crippen molar-refractivity contribution in [3.8, 4) is 0 Å². The van der Waals surface area contributed by atoms with E-state index in [1.807, 2.05) is 0 Å². The largest absolute Gasteiger partial charge is 0.381 e. The average molecular weight is 241 g/mol. The molecule has 17 heavy (non-hydrogen) atoms. The summed E-state index contributed by atoms with van der Waals surface area (Å²) in [7, 11) is 1.76. The molecule has 94 valence electrons. The van der Waals surface area contributed by atoms with Crippen LogP contribution in [0.5, 0.6) is 0 Å². The molecular formula is C13H17F2NO. The Morgan fingerprint density at radius 2 is 2.12 bits per heavy atom. The second kappa shape index (κ2) is 5.10. The summed E-state index contributed by atoms with van der Waals surface area (Å²) in [5, 5.41) is 3.06. The summed E-state index contributed by atoms with van der Waals surface area (Å²) >= 11 is 0. The maximum atomic E-state index is 13.9. The third-order valence-electron chi connectivity index (χ3n) is 3.39. The van der Waals surface area contributed by atoms with E-state index in [9.17, 15) is 8.78 Å². The van der Waals surface area contributed by atoms with Crippen molar-refractivity contribution in [2.75, 3.05) is 20.3 Å². The number of benzene rings is 1. The fourth-order valence-electron chi connectivity index (χ4n) is 2.36. The van der Waals surface area contributed by atoms with E-state index in [4.69, 9.17) is 4.74 Å². The monoisotopic (exact) mass is 241 g/mol. The second-order valence-electron chi connectivity index (χ2n) is 4.49. The molecule has 0 spiro atoms. The first-order chi connectivity index (χ1) is 8.15. The molecule has 1 heterocycles. The van der Waals surface area contributed by atoms with Gasteiger partial charge in [0.05, 0.1) is 6.61 Å². The van der Waals surface area contributed by atoms with Gasteiger partial charge in [0.2, 0.25) is 0 Å². The molecule has 0 aromatic heterocycles. The van der Waals surface area contributed by atoms with Gasteiger partial charge in [-0.3, -0.25) is 0 Å². The Morgan fingerprint density at radius 1 is 1.35 bits per heavy atom. The Hall–Kier alpha value is -1.00. The predicted molar refractivity (Wildman–Crippen MR) is 61.8 cm³/mol. The molecule has 1 aliphatic rings. The summed E-state index contributed by atoms with van der Waals surface area (Å²) in [6.07, 6.45) is 0.875. The first-order valence-corrected chi connectivity index (χ1v) is 5.84. The first-order valence-electron chi connectivity index (χ1n) is 5.84. The minimum absolute atomic E-state index is 0.187. The molecule has 1 aromatic carbocycles. The molecule has 0 radical (unpaired) electrons. The Balaban J connectivity index is 2.33. The van der Waals surface area contributed by atoms with E-state index in [2.05, 4.69) is 5.32 Å². The lowest BCUT2D eigenvalue weighted by Gasteiger charge is -2.23. The highest BCUT2D eigenvalue weighted by Gasteiger charge is 2.29. The zero-order chi connectivity index (χ0) is 12.4. The lowest BCUT2D eigenvalue weighted by atomic mass is 9.91. The summed E-state index contributed by atoms with van der Waals surface area (Å²) in [5.74, 6) is -1.28. The highest BCUT2D eigenvalue weighted by molar-refractivity contribution is 5.28. The zero-order valence-corrected chi connectivity index (χ0v) is 10.1. The Bertz CT molecular complexity index is 403. The SMILES string of the molecule is CNC(c1ccc(C)c(F)c1F)C1CCOC1. The van der Waals surface area contributed by atoms with Crippen LogP contribution in [0, 0.1) is 24.5 Å². The average Bonchev–Trinajstić information content (AvgIpc) is 2.84. The zero-order valence-electron chi connectivity index (χ0n) is 10.1. The number of halogens is 2. The third kappa shape index (κ3) is 2.33. The summed E-state index contributed by atoms with van der Waals surface area (Å²) in [4.78, 5) is 0. The molecule has 0 amide bonds. The van der Waals surface area contributed by atoms with Crippen LogP contribution >= 0.6 is 0 Å². The van der Waals surface area contributed by atoms with Crippen molar-refractivity contribution in [1.82, 2.24) is 5.32 Å². The van der Waals surface area contributed by atoms with Gasteiger partial charge >= 0.3 is 0 Å². The lowest BCUT2D eigenvalue weighted by Crippen LogP contribution is -2.27. The van der Waals surface area contributed by atoms with Crippen LogP contribution < -0.4 is 5.32 Å². The number of aryl methyl sites for hydroxylation is 1. The quantitative estimate of drug-likeness (QED) is 0.878. The number of rotatable bonds is 3. The van der Waals surface area contributed by atoms with Gasteiger partial charge in [-0.15, -0.1) is 0 Å². The van der Waals surface area contributed by atoms with E-state index < -0.39 is 11.6 Å². The molecule has 2 atom stereocenters. The van der Waals surface area contributed by atoms with Crippen molar-refractivity contribution in [2.45, 2.75) is 19.4 Å². The fourth-order valence-corrected chi connectivity index (χ4v) is 2.36. The maximum Gasteiger partial charge on any atom is 0.163 e. The highest BCUT2D eigenvalue weighted by Crippen LogP contribution is 2.31. The Kier molecular flexibility index (Phi) is 3.74. The molecule has 1 aromatic rings. The molecule has 0 saturated carbocycles. The number of nitrogens with one attached hydrogen (secondary N) is 1.